The largest absolute Gasteiger partial charge is 0.480 e. The van der Waals surface area contributed by atoms with Crippen LogP contribution in [-0.2, 0) is 10.2 Å². The Kier molecular flexibility index (Phi) is 2.02. The van der Waals surface area contributed by atoms with E-state index in [1.54, 1.807) is 0 Å². The molecule has 0 bridgehead atoms. The highest BCUT2D eigenvalue weighted by Gasteiger charge is 2.48. The van der Waals surface area contributed by atoms with Gasteiger partial charge >= 0.3 is 5.97 Å². The van der Waals surface area contributed by atoms with Crippen molar-refractivity contribution in [2.45, 2.75) is 31.6 Å². The molecular formula is C13H14N2O2. The highest BCUT2D eigenvalue weighted by Crippen LogP contribution is 2.43. The van der Waals surface area contributed by atoms with Crippen molar-refractivity contribution < 1.29 is 9.90 Å². The molecule has 4 heteroatoms. The zero-order valence-corrected chi connectivity index (χ0v) is 9.66. The average molecular weight is 230 g/mol. The van der Waals surface area contributed by atoms with Gasteiger partial charge in [0.15, 0.2) is 0 Å². The highest BCUT2D eigenvalue weighted by molar-refractivity contribution is 5.85. The Morgan fingerprint density at radius 2 is 2.24 bits per heavy atom. The maximum absolute atomic E-state index is 11.4. The number of carbonyl (C=O) groups is 1. The minimum Gasteiger partial charge on any atom is -0.480 e. The zero-order valence-electron chi connectivity index (χ0n) is 9.66. The van der Waals surface area contributed by atoms with Crippen LogP contribution in [0.4, 0.5) is 0 Å². The van der Waals surface area contributed by atoms with Gasteiger partial charge in [-0.05, 0) is 31.4 Å². The topological polar surface area (TPSA) is 66.0 Å². The second-order valence-corrected chi connectivity index (χ2v) is 4.80. The Labute approximate surface area is 98.7 Å². The van der Waals surface area contributed by atoms with Crippen molar-refractivity contribution >= 4 is 17.0 Å². The van der Waals surface area contributed by atoms with E-state index in [0.29, 0.717) is 18.7 Å². The Bertz CT molecular complexity index is 596. The van der Waals surface area contributed by atoms with Crippen LogP contribution in [0.5, 0.6) is 0 Å². The minimum atomic E-state index is -0.772. The molecule has 88 valence electrons. The van der Waals surface area contributed by atoms with Crippen LogP contribution in [0.15, 0.2) is 18.2 Å². The molecule has 1 saturated carbocycles. The number of para-hydroxylation sites is 1. The lowest BCUT2D eigenvalue weighted by molar-refractivity contribution is -0.147. The normalized spacial score (nSPS) is 17.9. The van der Waals surface area contributed by atoms with Crippen LogP contribution < -0.4 is 0 Å². The molecule has 0 radical (unpaired) electrons. The van der Waals surface area contributed by atoms with E-state index in [0.717, 1.165) is 23.0 Å². The van der Waals surface area contributed by atoms with E-state index in [1.165, 1.54) is 0 Å². The lowest BCUT2D eigenvalue weighted by Crippen LogP contribution is -2.43. The van der Waals surface area contributed by atoms with Crippen molar-refractivity contribution in [3.63, 3.8) is 0 Å². The number of H-pyrrole nitrogens is 1. The fourth-order valence-electron chi connectivity index (χ4n) is 2.48. The quantitative estimate of drug-likeness (QED) is 0.832. The molecular weight excluding hydrogens is 216 g/mol. The van der Waals surface area contributed by atoms with E-state index in [2.05, 4.69) is 9.97 Å². The fraction of sp³-hybridized carbons (Fsp3) is 0.385. The summed E-state index contributed by atoms with van der Waals surface area (Å²) in [7, 11) is 0. The van der Waals surface area contributed by atoms with Crippen molar-refractivity contribution in [1.29, 1.82) is 0 Å². The number of aromatic amines is 1. The molecule has 3 rings (SSSR count). The average Bonchev–Trinajstić information content (AvgIpc) is 2.60. The molecule has 0 spiro atoms. The maximum Gasteiger partial charge on any atom is 0.317 e. The Hall–Kier alpha value is -1.84. The first kappa shape index (κ1) is 10.3. The lowest BCUT2D eigenvalue weighted by Gasteiger charge is -2.35. The molecule has 1 aromatic heterocycles. The van der Waals surface area contributed by atoms with Gasteiger partial charge in [0.2, 0.25) is 0 Å². The number of aromatic nitrogens is 2. The number of aliphatic carboxylic acids is 1. The molecule has 0 amide bonds. The fourth-order valence-corrected chi connectivity index (χ4v) is 2.48. The van der Waals surface area contributed by atoms with E-state index < -0.39 is 11.4 Å². The number of nitrogens with one attached hydrogen (secondary N) is 1. The Morgan fingerprint density at radius 1 is 1.47 bits per heavy atom. The Balaban J connectivity index is 2.18. The van der Waals surface area contributed by atoms with Crippen LogP contribution in [0.25, 0.3) is 11.0 Å². The SMILES string of the molecule is Cc1cccc2[nH]c(C3(C(=O)O)CCC3)nc12. The first-order valence-corrected chi connectivity index (χ1v) is 5.83. The first-order chi connectivity index (χ1) is 8.13. The summed E-state index contributed by atoms with van der Waals surface area (Å²) in [6.07, 6.45) is 2.32. The van der Waals surface area contributed by atoms with Gasteiger partial charge in [0.25, 0.3) is 0 Å². The summed E-state index contributed by atoms with van der Waals surface area (Å²) < 4.78 is 0. The number of fused-ring (bicyclic) bond motifs is 1. The van der Waals surface area contributed by atoms with Gasteiger partial charge < -0.3 is 10.1 Å². The van der Waals surface area contributed by atoms with Gasteiger partial charge in [-0.25, -0.2) is 4.98 Å². The summed E-state index contributed by atoms with van der Waals surface area (Å²) in [5.41, 5.74) is 2.11. The van der Waals surface area contributed by atoms with Crippen LogP contribution in [0.2, 0.25) is 0 Å². The summed E-state index contributed by atoms with van der Waals surface area (Å²) >= 11 is 0. The second kappa shape index (κ2) is 3.32. The van der Waals surface area contributed by atoms with Crippen LogP contribution in [-0.4, -0.2) is 21.0 Å². The molecule has 17 heavy (non-hydrogen) atoms. The molecule has 4 nitrogen and oxygen atoms in total. The number of carboxylic acids is 1. The summed E-state index contributed by atoms with van der Waals surface area (Å²) in [5.74, 6) is -0.152. The number of hydrogen-bond acceptors (Lipinski definition) is 2. The van der Waals surface area contributed by atoms with E-state index >= 15 is 0 Å². The van der Waals surface area contributed by atoms with Crippen LogP contribution in [0.1, 0.15) is 30.7 Å². The molecule has 1 aliphatic carbocycles. The molecule has 1 fully saturated rings. The van der Waals surface area contributed by atoms with E-state index in [-0.39, 0.29) is 0 Å². The van der Waals surface area contributed by atoms with Gasteiger partial charge in [0, 0.05) is 0 Å². The van der Waals surface area contributed by atoms with Gasteiger partial charge in [-0.3, -0.25) is 4.79 Å². The first-order valence-electron chi connectivity index (χ1n) is 5.83. The molecule has 2 aromatic rings. The second-order valence-electron chi connectivity index (χ2n) is 4.80. The summed E-state index contributed by atoms with van der Waals surface area (Å²) in [6, 6.07) is 5.88. The molecule has 0 aliphatic heterocycles. The third-order valence-electron chi connectivity index (χ3n) is 3.78. The van der Waals surface area contributed by atoms with Crippen molar-refractivity contribution in [3.05, 3.63) is 29.6 Å². The van der Waals surface area contributed by atoms with Crippen LogP contribution in [0, 0.1) is 6.92 Å². The molecule has 0 saturated heterocycles. The summed E-state index contributed by atoms with van der Waals surface area (Å²) in [6.45, 7) is 1.99. The third kappa shape index (κ3) is 1.30. The van der Waals surface area contributed by atoms with Gasteiger partial charge in [-0.2, -0.15) is 0 Å². The van der Waals surface area contributed by atoms with Crippen molar-refractivity contribution in [2.75, 3.05) is 0 Å². The number of rotatable bonds is 2. The van der Waals surface area contributed by atoms with Gasteiger partial charge in [-0.1, -0.05) is 18.6 Å². The number of carboxylic acid groups (broad SMARTS) is 1. The van der Waals surface area contributed by atoms with Crippen molar-refractivity contribution in [1.82, 2.24) is 9.97 Å². The Morgan fingerprint density at radius 3 is 2.76 bits per heavy atom. The van der Waals surface area contributed by atoms with E-state index in [4.69, 9.17) is 0 Å². The molecule has 2 N–H and O–H groups in total. The number of aryl methyl sites for hydroxylation is 1. The number of imidazole rings is 1. The minimum absolute atomic E-state index is 0.612. The third-order valence-corrected chi connectivity index (χ3v) is 3.78. The van der Waals surface area contributed by atoms with Crippen LogP contribution in [0.3, 0.4) is 0 Å². The van der Waals surface area contributed by atoms with Gasteiger partial charge in [0.05, 0.1) is 11.0 Å². The molecule has 1 aromatic carbocycles. The molecule has 0 unspecified atom stereocenters. The highest BCUT2D eigenvalue weighted by atomic mass is 16.4. The van der Waals surface area contributed by atoms with Crippen LogP contribution >= 0.6 is 0 Å². The number of nitrogens with zero attached hydrogens (tertiary/aromatic N) is 1. The molecule has 0 atom stereocenters. The predicted molar refractivity (Wildman–Crippen MR) is 64.0 cm³/mol. The standard InChI is InChI=1S/C13H14N2O2/c1-8-4-2-5-9-10(8)15-11(14-9)13(12(16)17)6-3-7-13/h2,4-5H,3,6-7H2,1H3,(H,14,15)(H,16,17). The summed E-state index contributed by atoms with van der Waals surface area (Å²) in [5, 5.41) is 9.37. The van der Waals surface area contributed by atoms with Gasteiger partial charge in [-0.15, -0.1) is 0 Å². The van der Waals surface area contributed by atoms with Crippen molar-refractivity contribution in [3.8, 4) is 0 Å². The smallest absolute Gasteiger partial charge is 0.317 e. The predicted octanol–water partition coefficient (Wildman–Crippen LogP) is 2.38. The monoisotopic (exact) mass is 230 g/mol. The number of hydrogen-bond donors (Lipinski definition) is 2. The molecule has 1 heterocycles. The number of benzene rings is 1. The van der Waals surface area contributed by atoms with Gasteiger partial charge in [0.1, 0.15) is 11.2 Å². The zero-order chi connectivity index (χ0) is 12.0. The maximum atomic E-state index is 11.4. The summed E-state index contributed by atoms with van der Waals surface area (Å²) in [4.78, 5) is 19.1. The lowest BCUT2D eigenvalue weighted by atomic mass is 9.68. The van der Waals surface area contributed by atoms with Crippen molar-refractivity contribution in [2.24, 2.45) is 0 Å². The van der Waals surface area contributed by atoms with E-state index in [1.807, 2.05) is 25.1 Å². The van der Waals surface area contributed by atoms with E-state index in [9.17, 15) is 9.90 Å². The molecule has 1 aliphatic rings.